The Labute approximate surface area is 118 Å². The Morgan fingerprint density at radius 1 is 1.20 bits per heavy atom. The summed E-state index contributed by atoms with van der Waals surface area (Å²) in [6.07, 6.45) is 9.93. The number of anilines is 1. The van der Waals surface area contributed by atoms with Crippen molar-refractivity contribution in [3.8, 4) is 0 Å². The van der Waals surface area contributed by atoms with E-state index in [1.807, 2.05) is 36.4 Å². The van der Waals surface area contributed by atoms with Crippen LogP contribution in [0.25, 0.3) is 0 Å². The number of nitrogens with one attached hydrogen (secondary N) is 1. The third-order valence-corrected chi connectivity index (χ3v) is 4.53. The van der Waals surface area contributed by atoms with Gasteiger partial charge in [-0.15, -0.1) is 0 Å². The van der Waals surface area contributed by atoms with Crippen molar-refractivity contribution in [2.24, 2.45) is 11.8 Å². The highest BCUT2D eigenvalue weighted by molar-refractivity contribution is 5.89. The van der Waals surface area contributed by atoms with Gasteiger partial charge in [0.05, 0.1) is 11.8 Å². The van der Waals surface area contributed by atoms with Crippen LogP contribution >= 0.6 is 0 Å². The molecule has 0 aromatic carbocycles. The first kappa shape index (κ1) is 11.9. The fourth-order valence-corrected chi connectivity index (χ4v) is 3.52. The second-order valence-electron chi connectivity index (χ2n) is 5.70. The number of aromatic nitrogens is 1. The zero-order valence-corrected chi connectivity index (χ0v) is 11.1. The van der Waals surface area contributed by atoms with Crippen molar-refractivity contribution in [3.05, 3.63) is 48.7 Å². The first-order valence-electron chi connectivity index (χ1n) is 7.14. The molecule has 3 heterocycles. The number of pyridine rings is 1. The lowest BCUT2D eigenvalue weighted by molar-refractivity contribution is -0.127. The van der Waals surface area contributed by atoms with Gasteiger partial charge in [0.2, 0.25) is 0 Å². The standard InChI is InChI=1S/C16H17N3O/c20-16-11-5-1-2-6-13(11)18-14-10-19(9-12(14)16)15-7-3-4-8-17-15/h1-8,11-14,18H,9-10H2. The van der Waals surface area contributed by atoms with Gasteiger partial charge < -0.3 is 10.2 Å². The van der Waals surface area contributed by atoms with Crippen LogP contribution in [0.4, 0.5) is 5.82 Å². The zero-order valence-electron chi connectivity index (χ0n) is 11.1. The maximum atomic E-state index is 12.6. The molecule has 1 N–H and O–H groups in total. The van der Waals surface area contributed by atoms with E-state index in [0.29, 0.717) is 5.78 Å². The molecule has 1 aliphatic carbocycles. The Morgan fingerprint density at radius 3 is 2.95 bits per heavy atom. The Hall–Kier alpha value is -1.94. The van der Waals surface area contributed by atoms with Gasteiger partial charge in [0.1, 0.15) is 11.6 Å². The quantitative estimate of drug-likeness (QED) is 0.829. The number of rotatable bonds is 1. The highest BCUT2D eigenvalue weighted by Crippen LogP contribution is 2.32. The Bertz CT molecular complexity index is 581. The molecule has 4 atom stereocenters. The second kappa shape index (κ2) is 4.56. The average Bonchev–Trinajstić information content (AvgIpc) is 2.93. The summed E-state index contributed by atoms with van der Waals surface area (Å²) in [5.41, 5.74) is 0. The smallest absolute Gasteiger partial charge is 0.148 e. The molecule has 0 spiro atoms. The summed E-state index contributed by atoms with van der Waals surface area (Å²) in [6.45, 7) is 1.63. The van der Waals surface area contributed by atoms with Crippen LogP contribution in [0.5, 0.6) is 0 Å². The van der Waals surface area contributed by atoms with Crippen LogP contribution in [-0.4, -0.2) is 35.9 Å². The number of hydrogen-bond donors (Lipinski definition) is 1. The van der Waals surface area contributed by atoms with E-state index in [1.165, 1.54) is 0 Å². The zero-order chi connectivity index (χ0) is 13.5. The molecule has 2 saturated heterocycles. The van der Waals surface area contributed by atoms with Gasteiger partial charge in [0.25, 0.3) is 0 Å². The number of carbonyl (C=O) groups is 1. The van der Waals surface area contributed by atoms with Gasteiger partial charge >= 0.3 is 0 Å². The van der Waals surface area contributed by atoms with Crippen molar-refractivity contribution in [1.82, 2.24) is 10.3 Å². The number of fused-ring (bicyclic) bond motifs is 2. The molecule has 4 unspecified atom stereocenters. The Balaban J connectivity index is 1.59. The first-order valence-corrected chi connectivity index (χ1v) is 7.14. The SMILES string of the molecule is O=C1C2C=CC=CC2NC2CN(c3ccccn3)CC12. The number of allylic oxidation sites excluding steroid dienone is 2. The summed E-state index contributed by atoms with van der Waals surface area (Å²) < 4.78 is 0. The van der Waals surface area contributed by atoms with Gasteiger partial charge in [0, 0.05) is 31.4 Å². The minimum Gasteiger partial charge on any atom is -0.354 e. The average molecular weight is 267 g/mol. The number of hydrogen-bond acceptors (Lipinski definition) is 4. The van der Waals surface area contributed by atoms with Gasteiger partial charge in [-0.2, -0.15) is 0 Å². The molecule has 102 valence electrons. The van der Waals surface area contributed by atoms with Crippen molar-refractivity contribution >= 4 is 11.6 Å². The number of carbonyl (C=O) groups excluding carboxylic acids is 1. The van der Waals surface area contributed by atoms with Crippen LogP contribution in [0.3, 0.4) is 0 Å². The van der Waals surface area contributed by atoms with Gasteiger partial charge in [0.15, 0.2) is 0 Å². The van der Waals surface area contributed by atoms with E-state index in [-0.39, 0.29) is 23.9 Å². The van der Waals surface area contributed by atoms with Crippen LogP contribution < -0.4 is 10.2 Å². The predicted octanol–water partition coefficient (Wildman–Crippen LogP) is 1.17. The molecule has 4 rings (SSSR count). The Morgan fingerprint density at radius 2 is 2.10 bits per heavy atom. The number of ketones is 1. The summed E-state index contributed by atoms with van der Waals surface area (Å²) in [6, 6.07) is 6.32. The van der Waals surface area contributed by atoms with E-state index in [4.69, 9.17) is 0 Å². The van der Waals surface area contributed by atoms with E-state index in [1.54, 1.807) is 6.20 Å². The van der Waals surface area contributed by atoms with Crippen LogP contribution in [0.2, 0.25) is 0 Å². The van der Waals surface area contributed by atoms with E-state index >= 15 is 0 Å². The van der Waals surface area contributed by atoms with Crippen LogP contribution in [0, 0.1) is 11.8 Å². The number of piperidine rings is 1. The number of Topliss-reactive ketones (excluding diaryl/α,β-unsaturated/α-hetero) is 1. The summed E-state index contributed by atoms with van der Waals surface area (Å²) in [5, 5.41) is 3.62. The first-order chi connectivity index (χ1) is 9.83. The maximum absolute atomic E-state index is 12.6. The molecule has 4 nitrogen and oxygen atoms in total. The van der Waals surface area contributed by atoms with Crippen LogP contribution in [0.1, 0.15) is 0 Å². The largest absolute Gasteiger partial charge is 0.354 e. The summed E-state index contributed by atoms with van der Waals surface area (Å²) in [4.78, 5) is 19.3. The third-order valence-electron chi connectivity index (χ3n) is 4.53. The number of nitrogens with zero attached hydrogens (tertiary/aromatic N) is 2. The molecule has 2 fully saturated rings. The van der Waals surface area contributed by atoms with Gasteiger partial charge in [-0.3, -0.25) is 4.79 Å². The molecular formula is C16H17N3O. The minimum atomic E-state index is 0.00457. The van der Waals surface area contributed by atoms with E-state index < -0.39 is 0 Å². The minimum absolute atomic E-state index is 0.00457. The monoisotopic (exact) mass is 267 g/mol. The molecule has 3 aliphatic rings. The molecule has 1 aromatic rings. The molecule has 0 saturated carbocycles. The highest BCUT2D eigenvalue weighted by Gasteiger charge is 2.46. The lowest BCUT2D eigenvalue weighted by Gasteiger charge is -2.36. The van der Waals surface area contributed by atoms with Crippen molar-refractivity contribution < 1.29 is 4.79 Å². The maximum Gasteiger partial charge on any atom is 0.148 e. The molecule has 0 bridgehead atoms. The Kier molecular flexibility index (Phi) is 2.70. The summed E-state index contributed by atoms with van der Waals surface area (Å²) in [7, 11) is 0. The van der Waals surface area contributed by atoms with Gasteiger partial charge in [-0.1, -0.05) is 30.4 Å². The van der Waals surface area contributed by atoms with E-state index in [9.17, 15) is 4.79 Å². The van der Waals surface area contributed by atoms with Crippen LogP contribution in [0.15, 0.2) is 48.7 Å². The molecule has 2 aliphatic heterocycles. The molecule has 1 aromatic heterocycles. The molecule has 20 heavy (non-hydrogen) atoms. The van der Waals surface area contributed by atoms with Gasteiger partial charge in [-0.05, 0) is 12.1 Å². The van der Waals surface area contributed by atoms with E-state index in [0.717, 1.165) is 18.9 Å². The van der Waals surface area contributed by atoms with Crippen molar-refractivity contribution in [2.75, 3.05) is 18.0 Å². The fraction of sp³-hybridized carbons (Fsp3) is 0.375. The highest BCUT2D eigenvalue weighted by atomic mass is 16.1. The predicted molar refractivity (Wildman–Crippen MR) is 77.4 cm³/mol. The van der Waals surface area contributed by atoms with E-state index in [2.05, 4.69) is 21.3 Å². The summed E-state index contributed by atoms with van der Waals surface area (Å²) >= 11 is 0. The summed E-state index contributed by atoms with van der Waals surface area (Å²) in [5.74, 6) is 1.42. The topological polar surface area (TPSA) is 45.2 Å². The lowest BCUT2D eigenvalue weighted by Crippen LogP contribution is -2.56. The fourth-order valence-electron chi connectivity index (χ4n) is 3.52. The third kappa shape index (κ3) is 1.79. The molecule has 0 radical (unpaired) electrons. The van der Waals surface area contributed by atoms with Crippen molar-refractivity contribution in [1.29, 1.82) is 0 Å². The van der Waals surface area contributed by atoms with Crippen molar-refractivity contribution in [2.45, 2.75) is 12.1 Å². The molecule has 0 amide bonds. The lowest BCUT2D eigenvalue weighted by atomic mass is 9.78. The molecular weight excluding hydrogens is 250 g/mol. The van der Waals surface area contributed by atoms with Crippen LogP contribution in [-0.2, 0) is 4.79 Å². The normalized spacial score (nSPS) is 35.0. The second-order valence-corrected chi connectivity index (χ2v) is 5.70. The van der Waals surface area contributed by atoms with Crippen molar-refractivity contribution in [3.63, 3.8) is 0 Å². The van der Waals surface area contributed by atoms with Gasteiger partial charge in [-0.25, -0.2) is 4.98 Å². The molecule has 4 heteroatoms.